The van der Waals surface area contributed by atoms with Gasteiger partial charge in [0.05, 0.1) is 5.88 Å². The summed E-state index contributed by atoms with van der Waals surface area (Å²) in [6.07, 6.45) is 1.44. The lowest BCUT2D eigenvalue weighted by molar-refractivity contribution is -0.126. The van der Waals surface area contributed by atoms with E-state index in [1.807, 2.05) is 31.2 Å². The molecule has 1 amide bonds. The van der Waals surface area contributed by atoms with Gasteiger partial charge in [-0.2, -0.15) is 0 Å². The molecule has 0 aromatic heterocycles. The van der Waals surface area contributed by atoms with Crippen molar-refractivity contribution < 1.29 is 9.00 Å². The van der Waals surface area contributed by atoms with Gasteiger partial charge in [-0.25, -0.2) is 0 Å². The molecule has 1 heterocycles. The van der Waals surface area contributed by atoms with Crippen molar-refractivity contribution in [3.05, 3.63) is 29.8 Å². The highest BCUT2D eigenvalue weighted by atomic mass is 32.2. The van der Waals surface area contributed by atoms with Crippen molar-refractivity contribution in [3.8, 4) is 0 Å². The molecule has 1 fully saturated rings. The van der Waals surface area contributed by atoms with Crippen molar-refractivity contribution in [1.29, 1.82) is 0 Å². The molecule has 0 N–H and O–H groups in total. The lowest BCUT2D eigenvalue weighted by Gasteiger charge is -2.19. The molecule has 1 aliphatic rings. The van der Waals surface area contributed by atoms with Crippen LogP contribution in [0.2, 0.25) is 0 Å². The number of hydrogen-bond donors (Lipinski definition) is 0. The van der Waals surface area contributed by atoms with E-state index in [2.05, 4.69) is 5.87 Å². The predicted octanol–water partition coefficient (Wildman–Crippen LogP) is 1.65. The molecule has 1 saturated heterocycles. The maximum absolute atomic E-state index is 12.5. The highest BCUT2D eigenvalue weighted by Crippen LogP contribution is 2.17. The van der Waals surface area contributed by atoms with Crippen LogP contribution in [0.4, 0.5) is 0 Å². The van der Waals surface area contributed by atoms with Gasteiger partial charge in [-0.3, -0.25) is 9.00 Å². The van der Waals surface area contributed by atoms with E-state index in [9.17, 15) is 9.00 Å². The molecule has 0 aliphatic carbocycles. The first-order valence-electron chi connectivity index (χ1n) is 5.68. The molecule has 0 radical (unpaired) electrons. The quantitative estimate of drug-likeness (QED) is 0.766. The maximum atomic E-state index is 12.5. The standard InChI is InChI=1S/C13H17NO2S/c1-11-5-7-12(8-6-11)17(2,16)10-14-9-3-4-13(14)15/h5-8H,2-4,9-10H2,1H3. The van der Waals surface area contributed by atoms with Crippen LogP contribution in [0.5, 0.6) is 0 Å². The van der Waals surface area contributed by atoms with Crippen LogP contribution in [-0.4, -0.2) is 33.3 Å². The minimum atomic E-state index is -2.39. The first kappa shape index (κ1) is 12.2. The molecule has 1 aromatic rings. The van der Waals surface area contributed by atoms with Gasteiger partial charge in [0.15, 0.2) is 0 Å². The van der Waals surface area contributed by atoms with E-state index in [1.54, 1.807) is 4.90 Å². The SMILES string of the molecule is C=S(=O)(CN1CCCC1=O)c1ccc(C)cc1. The summed E-state index contributed by atoms with van der Waals surface area (Å²) in [6.45, 7) is 2.69. The van der Waals surface area contributed by atoms with Gasteiger partial charge >= 0.3 is 0 Å². The molecule has 0 saturated carbocycles. The van der Waals surface area contributed by atoms with Gasteiger partial charge in [0.2, 0.25) is 5.91 Å². The Bertz CT molecular complexity index is 517. The van der Waals surface area contributed by atoms with Crippen LogP contribution in [0.1, 0.15) is 18.4 Å². The van der Waals surface area contributed by atoms with Crippen LogP contribution >= 0.6 is 0 Å². The largest absolute Gasteiger partial charge is 0.331 e. The number of hydrogen-bond acceptors (Lipinski definition) is 2. The molecule has 1 atom stereocenters. The number of benzene rings is 1. The van der Waals surface area contributed by atoms with Crippen molar-refractivity contribution >= 4 is 21.3 Å². The summed E-state index contributed by atoms with van der Waals surface area (Å²) < 4.78 is 12.5. The molecule has 1 aromatic carbocycles. The minimum absolute atomic E-state index is 0.0912. The zero-order valence-corrected chi connectivity index (χ0v) is 10.8. The number of nitrogens with zero attached hydrogens (tertiary/aromatic N) is 1. The van der Waals surface area contributed by atoms with Gasteiger partial charge < -0.3 is 4.90 Å². The first-order chi connectivity index (χ1) is 7.99. The second-order valence-electron chi connectivity index (χ2n) is 4.51. The highest BCUT2D eigenvalue weighted by molar-refractivity contribution is 8.00. The van der Waals surface area contributed by atoms with E-state index >= 15 is 0 Å². The summed E-state index contributed by atoms with van der Waals surface area (Å²) in [5.41, 5.74) is 1.13. The Morgan fingerprint density at radius 3 is 2.53 bits per heavy atom. The third-order valence-corrected chi connectivity index (χ3v) is 4.85. The van der Waals surface area contributed by atoms with Crippen molar-refractivity contribution in [2.75, 3.05) is 12.4 Å². The summed E-state index contributed by atoms with van der Waals surface area (Å²) in [7, 11) is -2.39. The Hall–Kier alpha value is -1.29. The van der Waals surface area contributed by atoms with Gasteiger partial charge in [-0.1, -0.05) is 17.7 Å². The average molecular weight is 251 g/mol. The first-order valence-corrected chi connectivity index (χ1v) is 7.58. The molecule has 1 unspecified atom stereocenters. The van der Waals surface area contributed by atoms with Crippen molar-refractivity contribution in [2.24, 2.45) is 0 Å². The Kier molecular flexibility index (Phi) is 3.24. The molecule has 4 heteroatoms. The second-order valence-corrected chi connectivity index (χ2v) is 6.87. The summed E-state index contributed by atoms with van der Waals surface area (Å²) in [6, 6.07) is 7.52. The molecule has 17 heavy (non-hydrogen) atoms. The number of likely N-dealkylation sites (tertiary alicyclic amines) is 1. The molecular formula is C13H17NO2S. The minimum Gasteiger partial charge on any atom is -0.331 e. The summed E-state index contributed by atoms with van der Waals surface area (Å²) >= 11 is 0. The van der Waals surface area contributed by atoms with Gasteiger partial charge in [-0.05, 0) is 31.3 Å². The van der Waals surface area contributed by atoms with E-state index in [0.29, 0.717) is 13.0 Å². The molecule has 1 aliphatic heterocycles. The van der Waals surface area contributed by atoms with E-state index in [-0.39, 0.29) is 11.8 Å². The summed E-state index contributed by atoms with van der Waals surface area (Å²) in [5, 5.41) is 0. The van der Waals surface area contributed by atoms with Crippen LogP contribution < -0.4 is 0 Å². The highest BCUT2D eigenvalue weighted by Gasteiger charge is 2.23. The van der Waals surface area contributed by atoms with Crippen molar-refractivity contribution in [1.82, 2.24) is 4.90 Å². The van der Waals surface area contributed by atoms with Crippen molar-refractivity contribution in [3.63, 3.8) is 0 Å². The van der Waals surface area contributed by atoms with Gasteiger partial charge in [-0.15, -0.1) is 0 Å². The zero-order chi connectivity index (χ0) is 12.5. The number of carbonyl (C=O) groups excluding carboxylic acids is 1. The number of amides is 1. The summed E-state index contributed by atoms with van der Waals surface area (Å²) in [4.78, 5) is 13.9. The topological polar surface area (TPSA) is 37.4 Å². The Balaban J connectivity index is 2.19. The molecule has 2 rings (SSSR count). The smallest absolute Gasteiger partial charge is 0.223 e. The normalized spacial score (nSPS) is 19.4. The summed E-state index contributed by atoms with van der Waals surface area (Å²) in [5.74, 6) is 4.14. The Morgan fingerprint density at radius 1 is 1.35 bits per heavy atom. The fourth-order valence-electron chi connectivity index (χ4n) is 1.95. The molecule has 3 nitrogen and oxygen atoms in total. The van der Waals surface area contributed by atoms with Gasteiger partial charge in [0.1, 0.15) is 0 Å². The number of carbonyl (C=O) groups is 1. The third kappa shape index (κ3) is 2.69. The monoisotopic (exact) mass is 251 g/mol. The molecule has 92 valence electrons. The van der Waals surface area contributed by atoms with E-state index in [0.717, 1.165) is 16.9 Å². The third-order valence-electron chi connectivity index (χ3n) is 2.99. The van der Waals surface area contributed by atoms with Gasteiger partial charge in [0, 0.05) is 27.4 Å². The van der Waals surface area contributed by atoms with Crippen molar-refractivity contribution in [2.45, 2.75) is 24.7 Å². The van der Waals surface area contributed by atoms with E-state index in [4.69, 9.17) is 0 Å². The fourth-order valence-corrected chi connectivity index (χ4v) is 3.51. The van der Waals surface area contributed by atoms with Crippen LogP contribution in [-0.2, 0) is 14.3 Å². The van der Waals surface area contributed by atoms with Crippen LogP contribution in [0.3, 0.4) is 0 Å². The second kappa shape index (κ2) is 4.53. The molecular weight excluding hydrogens is 234 g/mol. The van der Waals surface area contributed by atoms with E-state index in [1.165, 1.54) is 0 Å². The molecule has 0 spiro atoms. The van der Waals surface area contributed by atoms with Crippen LogP contribution in [0.15, 0.2) is 29.2 Å². The van der Waals surface area contributed by atoms with Crippen LogP contribution in [0, 0.1) is 6.92 Å². The maximum Gasteiger partial charge on any atom is 0.223 e. The lowest BCUT2D eigenvalue weighted by atomic mass is 10.2. The van der Waals surface area contributed by atoms with E-state index < -0.39 is 9.52 Å². The Labute approximate surface area is 102 Å². The van der Waals surface area contributed by atoms with Crippen LogP contribution in [0.25, 0.3) is 0 Å². The predicted molar refractivity (Wildman–Crippen MR) is 70.5 cm³/mol. The Morgan fingerprint density at radius 2 is 2.00 bits per heavy atom. The molecule has 0 bridgehead atoms. The average Bonchev–Trinajstić information content (AvgIpc) is 2.64. The number of rotatable bonds is 3. The lowest BCUT2D eigenvalue weighted by Crippen LogP contribution is -2.30. The number of aryl methyl sites for hydroxylation is 1. The zero-order valence-electron chi connectivity index (χ0n) is 10.0. The van der Waals surface area contributed by atoms with Gasteiger partial charge in [0.25, 0.3) is 0 Å². The fraction of sp³-hybridized carbons (Fsp3) is 0.385.